The normalized spacial score (nSPS) is 11.8. The molecule has 6 nitrogen and oxygen atoms in total. The number of carbonyl (C=O) groups excluding carboxylic acids is 1. The van der Waals surface area contributed by atoms with Crippen molar-refractivity contribution in [2.45, 2.75) is 13.1 Å². The summed E-state index contributed by atoms with van der Waals surface area (Å²) in [5, 5.41) is 7.25. The fourth-order valence-corrected chi connectivity index (χ4v) is 2.87. The van der Waals surface area contributed by atoms with Crippen molar-refractivity contribution in [3.63, 3.8) is 0 Å². The summed E-state index contributed by atoms with van der Waals surface area (Å²) >= 11 is 0. The standard InChI is InChI=1S/C19H19F3N4O2/c1-3-28-9-8-23-18(27)13-10-16(25-17-14(13)11-24-26(17)2)12-6-4-5-7-15(12)19(20,21)22/h4-7,10-11H,3,8-9H2,1-2H3,(H,23,27). The van der Waals surface area contributed by atoms with Crippen LogP contribution in [0.15, 0.2) is 36.5 Å². The van der Waals surface area contributed by atoms with Gasteiger partial charge in [0.25, 0.3) is 5.91 Å². The van der Waals surface area contributed by atoms with Gasteiger partial charge in [0.05, 0.1) is 35.0 Å². The van der Waals surface area contributed by atoms with Gasteiger partial charge < -0.3 is 10.1 Å². The van der Waals surface area contributed by atoms with Crippen molar-refractivity contribution in [3.05, 3.63) is 47.7 Å². The van der Waals surface area contributed by atoms with Crippen molar-refractivity contribution in [1.82, 2.24) is 20.1 Å². The number of fused-ring (bicyclic) bond motifs is 1. The zero-order chi connectivity index (χ0) is 20.3. The third kappa shape index (κ3) is 3.99. The van der Waals surface area contributed by atoms with Crippen LogP contribution in [-0.4, -0.2) is 40.4 Å². The average molecular weight is 392 g/mol. The molecule has 0 atom stereocenters. The summed E-state index contributed by atoms with van der Waals surface area (Å²) < 4.78 is 46.9. The van der Waals surface area contributed by atoms with Crippen LogP contribution in [0.1, 0.15) is 22.8 Å². The van der Waals surface area contributed by atoms with E-state index in [1.54, 1.807) is 7.05 Å². The predicted octanol–water partition coefficient (Wildman–Crippen LogP) is 3.42. The van der Waals surface area contributed by atoms with Crippen molar-refractivity contribution in [2.75, 3.05) is 19.8 Å². The summed E-state index contributed by atoms with van der Waals surface area (Å²) in [6.45, 7) is 2.99. The van der Waals surface area contributed by atoms with Gasteiger partial charge in [0.1, 0.15) is 0 Å². The van der Waals surface area contributed by atoms with Gasteiger partial charge in [-0.05, 0) is 19.1 Å². The minimum Gasteiger partial charge on any atom is -0.380 e. The highest BCUT2D eigenvalue weighted by atomic mass is 19.4. The van der Waals surface area contributed by atoms with Gasteiger partial charge in [0, 0.05) is 25.8 Å². The Bertz CT molecular complexity index is 998. The van der Waals surface area contributed by atoms with Crippen LogP contribution < -0.4 is 5.32 Å². The van der Waals surface area contributed by atoms with Crippen molar-refractivity contribution >= 4 is 16.9 Å². The van der Waals surface area contributed by atoms with E-state index in [1.807, 2.05) is 6.92 Å². The number of carbonyl (C=O) groups is 1. The SMILES string of the molecule is CCOCCNC(=O)c1cc(-c2ccccc2C(F)(F)F)nc2c1cnn2C. The first-order chi connectivity index (χ1) is 13.3. The summed E-state index contributed by atoms with van der Waals surface area (Å²) in [6, 6.07) is 6.51. The van der Waals surface area contributed by atoms with Crippen LogP contribution in [0.4, 0.5) is 13.2 Å². The fraction of sp³-hybridized carbons (Fsp3) is 0.316. The Morgan fingerprint density at radius 2 is 2.04 bits per heavy atom. The number of alkyl halides is 3. The Kier molecular flexibility index (Phi) is 5.64. The predicted molar refractivity (Wildman–Crippen MR) is 97.8 cm³/mol. The molecule has 0 saturated carbocycles. The molecule has 0 saturated heterocycles. The molecule has 148 valence electrons. The van der Waals surface area contributed by atoms with Crippen molar-refractivity contribution in [2.24, 2.45) is 7.05 Å². The quantitative estimate of drug-likeness (QED) is 0.653. The van der Waals surface area contributed by atoms with Gasteiger partial charge in [-0.25, -0.2) is 4.98 Å². The Morgan fingerprint density at radius 3 is 2.75 bits per heavy atom. The molecule has 3 aromatic rings. The number of rotatable bonds is 6. The monoisotopic (exact) mass is 392 g/mol. The van der Waals surface area contributed by atoms with Crippen LogP contribution in [0.25, 0.3) is 22.3 Å². The van der Waals surface area contributed by atoms with E-state index in [-0.39, 0.29) is 23.4 Å². The van der Waals surface area contributed by atoms with E-state index in [0.717, 1.165) is 6.07 Å². The molecule has 1 aromatic carbocycles. The third-order valence-corrected chi connectivity index (χ3v) is 4.19. The second-order valence-electron chi connectivity index (χ2n) is 6.06. The molecule has 9 heteroatoms. The Hall–Kier alpha value is -2.94. The Balaban J connectivity index is 2.09. The van der Waals surface area contributed by atoms with E-state index < -0.39 is 17.6 Å². The molecule has 28 heavy (non-hydrogen) atoms. The molecule has 0 fully saturated rings. The maximum Gasteiger partial charge on any atom is 0.417 e. The number of halogens is 3. The second kappa shape index (κ2) is 7.97. The highest BCUT2D eigenvalue weighted by Crippen LogP contribution is 2.37. The van der Waals surface area contributed by atoms with Gasteiger partial charge in [-0.2, -0.15) is 18.3 Å². The number of nitrogens with one attached hydrogen (secondary N) is 1. The van der Waals surface area contributed by atoms with Crippen molar-refractivity contribution in [1.29, 1.82) is 0 Å². The highest BCUT2D eigenvalue weighted by molar-refractivity contribution is 6.06. The number of amides is 1. The lowest BCUT2D eigenvalue weighted by Crippen LogP contribution is -2.27. The number of nitrogens with zero attached hydrogens (tertiary/aromatic N) is 3. The molecule has 0 radical (unpaired) electrons. The molecular weight excluding hydrogens is 373 g/mol. The van der Waals surface area contributed by atoms with Crippen molar-refractivity contribution in [3.8, 4) is 11.3 Å². The third-order valence-electron chi connectivity index (χ3n) is 4.19. The van der Waals surface area contributed by atoms with E-state index in [0.29, 0.717) is 24.2 Å². The van der Waals surface area contributed by atoms with Crippen LogP contribution in [-0.2, 0) is 18.0 Å². The number of hydrogen-bond acceptors (Lipinski definition) is 4. The molecule has 0 bridgehead atoms. The summed E-state index contributed by atoms with van der Waals surface area (Å²) in [5.74, 6) is -0.425. The molecule has 3 rings (SSSR count). The summed E-state index contributed by atoms with van der Waals surface area (Å²) in [6.07, 6.45) is -3.07. The lowest BCUT2D eigenvalue weighted by atomic mass is 10.0. The zero-order valence-electron chi connectivity index (χ0n) is 15.4. The molecule has 1 amide bonds. The van der Waals surface area contributed by atoms with Gasteiger partial charge in [-0.3, -0.25) is 9.48 Å². The van der Waals surface area contributed by atoms with E-state index >= 15 is 0 Å². The summed E-state index contributed by atoms with van der Waals surface area (Å²) in [5.41, 5.74) is -0.321. The molecule has 0 aliphatic carbocycles. The van der Waals surface area contributed by atoms with Gasteiger partial charge in [-0.15, -0.1) is 0 Å². The highest BCUT2D eigenvalue weighted by Gasteiger charge is 2.34. The Morgan fingerprint density at radius 1 is 1.29 bits per heavy atom. The zero-order valence-corrected chi connectivity index (χ0v) is 15.4. The summed E-state index contributed by atoms with van der Waals surface area (Å²) in [7, 11) is 1.62. The smallest absolute Gasteiger partial charge is 0.380 e. The molecule has 0 aliphatic heterocycles. The topological polar surface area (TPSA) is 69.0 Å². The lowest BCUT2D eigenvalue weighted by Gasteiger charge is -2.14. The molecule has 2 heterocycles. The average Bonchev–Trinajstić information content (AvgIpc) is 3.04. The first kappa shape index (κ1) is 19.8. The molecular formula is C19H19F3N4O2. The molecule has 0 spiro atoms. The maximum atomic E-state index is 13.4. The lowest BCUT2D eigenvalue weighted by molar-refractivity contribution is -0.137. The Labute approximate surface area is 159 Å². The first-order valence-corrected chi connectivity index (χ1v) is 8.68. The molecule has 2 aromatic heterocycles. The van der Waals surface area contributed by atoms with Crippen molar-refractivity contribution < 1.29 is 22.7 Å². The number of ether oxygens (including phenoxy) is 1. The maximum absolute atomic E-state index is 13.4. The number of aromatic nitrogens is 3. The number of pyridine rings is 1. The first-order valence-electron chi connectivity index (χ1n) is 8.68. The van der Waals surface area contributed by atoms with Crippen LogP contribution in [0.5, 0.6) is 0 Å². The summed E-state index contributed by atoms with van der Waals surface area (Å²) in [4.78, 5) is 17.0. The van der Waals surface area contributed by atoms with E-state index in [9.17, 15) is 18.0 Å². The van der Waals surface area contributed by atoms with E-state index in [2.05, 4.69) is 15.4 Å². The van der Waals surface area contributed by atoms with Crippen LogP contribution in [0.3, 0.4) is 0 Å². The number of benzene rings is 1. The molecule has 1 N–H and O–H groups in total. The van der Waals surface area contributed by atoms with Gasteiger partial charge in [0.15, 0.2) is 5.65 Å². The molecule has 0 unspecified atom stereocenters. The minimum absolute atomic E-state index is 0.0546. The van der Waals surface area contributed by atoms with E-state index in [4.69, 9.17) is 4.74 Å². The van der Waals surface area contributed by atoms with Crippen LogP contribution in [0.2, 0.25) is 0 Å². The van der Waals surface area contributed by atoms with Crippen LogP contribution >= 0.6 is 0 Å². The van der Waals surface area contributed by atoms with E-state index in [1.165, 1.54) is 35.1 Å². The second-order valence-corrected chi connectivity index (χ2v) is 6.06. The van der Waals surface area contributed by atoms with Gasteiger partial charge in [0.2, 0.25) is 0 Å². The number of aryl methyl sites for hydroxylation is 1. The molecule has 0 aliphatic rings. The van der Waals surface area contributed by atoms with Gasteiger partial charge in [-0.1, -0.05) is 18.2 Å². The fourth-order valence-electron chi connectivity index (χ4n) is 2.87. The minimum atomic E-state index is -4.54. The van der Waals surface area contributed by atoms with Gasteiger partial charge >= 0.3 is 6.18 Å². The largest absolute Gasteiger partial charge is 0.417 e. The number of hydrogen-bond donors (Lipinski definition) is 1. The van der Waals surface area contributed by atoms with Crippen LogP contribution in [0, 0.1) is 0 Å².